The second kappa shape index (κ2) is 7.10. The van der Waals surface area contributed by atoms with Crippen LogP contribution in [0.15, 0.2) is 72.9 Å². The van der Waals surface area contributed by atoms with E-state index in [4.69, 9.17) is 5.11 Å². The Bertz CT molecular complexity index is 643. The van der Waals surface area contributed by atoms with E-state index in [0.717, 1.165) is 29.4 Å². The first-order valence-electron chi connectivity index (χ1n) is 6.63. The van der Waals surface area contributed by atoms with Crippen molar-refractivity contribution in [2.75, 3.05) is 5.32 Å². The number of nitrogens with one attached hydrogen (secondary N) is 1. The molecule has 0 saturated heterocycles. The van der Waals surface area contributed by atoms with Crippen LogP contribution in [0.3, 0.4) is 0 Å². The van der Waals surface area contributed by atoms with Gasteiger partial charge in [-0.3, -0.25) is 0 Å². The molecule has 0 bridgehead atoms. The van der Waals surface area contributed by atoms with E-state index in [-0.39, 0.29) is 0 Å². The van der Waals surface area contributed by atoms with Crippen LogP contribution < -0.4 is 5.32 Å². The van der Waals surface area contributed by atoms with Crippen molar-refractivity contribution in [2.45, 2.75) is 6.42 Å². The van der Waals surface area contributed by atoms with Crippen molar-refractivity contribution >= 4 is 17.7 Å². The Morgan fingerprint density at radius 2 is 1.76 bits per heavy atom. The number of carbonyl (C=O) groups is 1. The molecular formula is C18H17NO2. The Balaban J connectivity index is 1.94. The topological polar surface area (TPSA) is 49.3 Å². The van der Waals surface area contributed by atoms with Crippen molar-refractivity contribution in [3.63, 3.8) is 0 Å². The standard InChI is InChI=1S/C18H17NO2/c1-14(13-16-5-3-2-4-6-16)19-17-10-7-15(8-11-17)9-12-18(20)21/h2-12,19H,1,13H2,(H,20,21)/b12-9+. The Labute approximate surface area is 124 Å². The van der Waals surface area contributed by atoms with Gasteiger partial charge >= 0.3 is 5.97 Å². The molecule has 3 heteroatoms. The van der Waals surface area contributed by atoms with E-state index in [1.807, 2.05) is 42.5 Å². The van der Waals surface area contributed by atoms with Crippen LogP contribution in [0.4, 0.5) is 5.69 Å². The lowest BCUT2D eigenvalue weighted by atomic mass is 10.1. The maximum atomic E-state index is 10.4. The van der Waals surface area contributed by atoms with Crippen LogP contribution >= 0.6 is 0 Å². The van der Waals surface area contributed by atoms with Crippen molar-refractivity contribution in [2.24, 2.45) is 0 Å². The molecule has 0 spiro atoms. The van der Waals surface area contributed by atoms with Crippen molar-refractivity contribution in [1.29, 1.82) is 0 Å². The molecule has 0 saturated carbocycles. The van der Waals surface area contributed by atoms with E-state index in [9.17, 15) is 4.79 Å². The maximum absolute atomic E-state index is 10.4. The average molecular weight is 279 g/mol. The predicted molar refractivity (Wildman–Crippen MR) is 86.0 cm³/mol. The summed E-state index contributed by atoms with van der Waals surface area (Å²) < 4.78 is 0. The molecule has 0 radical (unpaired) electrons. The number of carboxylic acids is 1. The van der Waals surface area contributed by atoms with Crippen LogP contribution in [0.5, 0.6) is 0 Å². The number of carboxylic acid groups (broad SMARTS) is 1. The van der Waals surface area contributed by atoms with Gasteiger partial charge in [0.05, 0.1) is 0 Å². The third kappa shape index (κ3) is 4.99. The quantitative estimate of drug-likeness (QED) is 0.787. The minimum Gasteiger partial charge on any atom is -0.478 e. The van der Waals surface area contributed by atoms with Crippen LogP contribution in [-0.4, -0.2) is 11.1 Å². The fourth-order valence-corrected chi connectivity index (χ4v) is 1.94. The van der Waals surface area contributed by atoms with E-state index in [1.165, 1.54) is 5.56 Å². The number of benzene rings is 2. The number of hydrogen-bond donors (Lipinski definition) is 2. The zero-order valence-electron chi connectivity index (χ0n) is 11.6. The zero-order valence-corrected chi connectivity index (χ0v) is 11.6. The SMILES string of the molecule is C=C(Cc1ccccc1)Nc1ccc(/C=C/C(=O)O)cc1. The summed E-state index contributed by atoms with van der Waals surface area (Å²) in [6.07, 6.45) is 3.45. The molecule has 0 aliphatic carbocycles. The minimum atomic E-state index is -0.951. The summed E-state index contributed by atoms with van der Waals surface area (Å²) in [5.74, 6) is -0.951. The molecule has 0 aromatic heterocycles. The van der Waals surface area contributed by atoms with E-state index >= 15 is 0 Å². The van der Waals surface area contributed by atoms with Gasteiger partial charge in [-0.15, -0.1) is 0 Å². The lowest BCUT2D eigenvalue weighted by Gasteiger charge is -2.10. The molecule has 0 unspecified atom stereocenters. The molecule has 0 aliphatic rings. The van der Waals surface area contributed by atoms with Crippen molar-refractivity contribution in [3.05, 3.63) is 84.1 Å². The summed E-state index contributed by atoms with van der Waals surface area (Å²) in [6, 6.07) is 17.6. The van der Waals surface area contributed by atoms with Gasteiger partial charge in [-0.2, -0.15) is 0 Å². The van der Waals surface area contributed by atoms with Gasteiger partial charge in [0.15, 0.2) is 0 Å². The van der Waals surface area contributed by atoms with Gasteiger partial charge in [0.2, 0.25) is 0 Å². The fraction of sp³-hybridized carbons (Fsp3) is 0.0556. The largest absolute Gasteiger partial charge is 0.478 e. The van der Waals surface area contributed by atoms with Crippen LogP contribution in [-0.2, 0) is 11.2 Å². The molecule has 0 fully saturated rings. The first-order valence-corrected chi connectivity index (χ1v) is 6.63. The summed E-state index contributed by atoms with van der Waals surface area (Å²) in [5.41, 5.74) is 3.89. The summed E-state index contributed by atoms with van der Waals surface area (Å²) in [7, 11) is 0. The monoisotopic (exact) mass is 279 g/mol. The maximum Gasteiger partial charge on any atom is 0.328 e. The first kappa shape index (κ1) is 14.6. The van der Waals surface area contributed by atoms with Gasteiger partial charge in [0.25, 0.3) is 0 Å². The highest BCUT2D eigenvalue weighted by Crippen LogP contribution is 2.14. The number of anilines is 1. The third-order valence-corrected chi connectivity index (χ3v) is 2.91. The first-order chi connectivity index (χ1) is 10.1. The number of hydrogen-bond acceptors (Lipinski definition) is 2. The Hall–Kier alpha value is -2.81. The molecule has 2 aromatic rings. The van der Waals surface area contributed by atoms with Crippen molar-refractivity contribution in [3.8, 4) is 0 Å². The molecule has 3 nitrogen and oxygen atoms in total. The molecule has 21 heavy (non-hydrogen) atoms. The highest BCUT2D eigenvalue weighted by molar-refractivity contribution is 5.85. The second-order valence-electron chi connectivity index (χ2n) is 4.68. The van der Waals surface area contributed by atoms with E-state index in [0.29, 0.717) is 0 Å². The zero-order chi connectivity index (χ0) is 15.1. The van der Waals surface area contributed by atoms with Gasteiger partial charge in [-0.1, -0.05) is 49.0 Å². The number of allylic oxidation sites excluding steroid dienone is 1. The Kier molecular flexibility index (Phi) is 4.94. The third-order valence-electron chi connectivity index (χ3n) is 2.91. The lowest BCUT2D eigenvalue weighted by Crippen LogP contribution is -2.01. The molecule has 2 N–H and O–H groups in total. The van der Waals surface area contributed by atoms with Crippen LogP contribution in [0, 0.1) is 0 Å². The van der Waals surface area contributed by atoms with Gasteiger partial charge in [-0.05, 0) is 29.3 Å². The molecule has 0 amide bonds. The summed E-state index contributed by atoms with van der Waals surface area (Å²) >= 11 is 0. The van der Waals surface area contributed by atoms with Gasteiger partial charge < -0.3 is 10.4 Å². The average Bonchev–Trinajstić information content (AvgIpc) is 2.47. The minimum absolute atomic E-state index is 0.765. The lowest BCUT2D eigenvalue weighted by molar-refractivity contribution is -0.131. The fourth-order valence-electron chi connectivity index (χ4n) is 1.94. The highest BCUT2D eigenvalue weighted by Gasteiger charge is 1.98. The highest BCUT2D eigenvalue weighted by atomic mass is 16.4. The Morgan fingerprint density at radius 3 is 2.38 bits per heavy atom. The molecular weight excluding hydrogens is 262 g/mol. The number of aliphatic carboxylic acids is 1. The van der Waals surface area contributed by atoms with E-state index in [2.05, 4.69) is 24.0 Å². The predicted octanol–water partition coefficient (Wildman–Crippen LogP) is 3.95. The van der Waals surface area contributed by atoms with Crippen LogP contribution in [0.1, 0.15) is 11.1 Å². The molecule has 0 heterocycles. The Morgan fingerprint density at radius 1 is 1.10 bits per heavy atom. The van der Waals surface area contributed by atoms with E-state index < -0.39 is 5.97 Å². The smallest absolute Gasteiger partial charge is 0.328 e. The second-order valence-corrected chi connectivity index (χ2v) is 4.68. The molecule has 2 aromatic carbocycles. The van der Waals surface area contributed by atoms with E-state index in [1.54, 1.807) is 6.08 Å². The summed E-state index contributed by atoms with van der Waals surface area (Å²) in [4.78, 5) is 10.4. The summed E-state index contributed by atoms with van der Waals surface area (Å²) in [5, 5.41) is 11.8. The molecule has 0 aliphatic heterocycles. The van der Waals surface area contributed by atoms with Crippen LogP contribution in [0.2, 0.25) is 0 Å². The van der Waals surface area contributed by atoms with Crippen LogP contribution in [0.25, 0.3) is 6.08 Å². The van der Waals surface area contributed by atoms with Gasteiger partial charge in [0.1, 0.15) is 0 Å². The van der Waals surface area contributed by atoms with Gasteiger partial charge in [0, 0.05) is 23.9 Å². The number of rotatable bonds is 6. The molecule has 2 rings (SSSR count). The molecule has 106 valence electrons. The normalized spacial score (nSPS) is 10.5. The van der Waals surface area contributed by atoms with Gasteiger partial charge in [-0.25, -0.2) is 4.79 Å². The van der Waals surface area contributed by atoms with Crippen molar-refractivity contribution in [1.82, 2.24) is 0 Å². The summed E-state index contributed by atoms with van der Waals surface area (Å²) in [6.45, 7) is 4.02. The van der Waals surface area contributed by atoms with Crippen molar-refractivity contribution < 1.29 is 9.90 Å². The molecule has 0 atom stereocenters.